The van der Waals surface area contributed by atoms with E-state index in [9.17, 15) is 14.0 Å². The third-order valence-corrected chi connectivity index (χ3v) is 1.85. The van der Waals surface area contributed by atoms with Crippen LogP contribution in [0.4, 0.5) is 4.39 Å². The molecule has 0 saturated carbocycles. The van der Waals surface area contributed by atoms with Crippen LogP contribution in [0.3, 0.4) is 0 Å². The van der Waals surface area contributed by atoms with Crippen molar-refractivity contribution in [1.29, 1.82) is 0 Å². The maximum atomic E-state index is 12.8. The number of amides is 2. The summed E-state index contributed by atoms with van der Waals surface area (Å²) in [6.45, 7) is -0.0904. The maximum Gasteiger partial charge on any atom is 0.236 e. The molecule has 0 spiro atoms. The fourth-order valence-electron chi connectivity index (χ4n) is 1.09. The van der Waals surface area contributed by atoms with Gasteiger partial charge in [-0.15, -0.1) is 0 Å². The van der Waals surface area contributed by atoms with Gasteiger partial charge in [-0.25, -0.2) is 4.39 Å². The molecule has 6 heteroatoms. The summed E-state index contributed by atoms with van der Waals surface area (Å²) in [5.41, 5.74) is 4.85. The Labute approximate surface area is 97.7 Å². The number of carbonyl (C=O) groups excluding carboxylic acids is 2. The molecule has 17 heavy (non-hydrogen) atoms. The predicted octanol–water partition coefficient (Wildman–Crippen LogP) is 0.196. The van der Waals surface area contributed by atoms with E-state index in [-0.39, 0.29) is 25.5 Å². The minimum Gasteiger partial charge on any atom is -0.493 e. The first-order valence-electron chi connectivity index (χ1n) is 5.01. The second kappa shape index (κ2) is 6.47. The van der Waals surface area contributed by atoms with Crippen LogP contribution >= 0.6 is 0 Å². The monoisotopic (exact) mass is 240 g/mol. The lowest BCUT2D eigenvalue weighted by atomic mass is 10.3. The molecule has 0 aliphatic rings. The van der Waals surface area contributed by atoms with Crippen LogP contribution in [0, 0.1) is 5.82 Å². The zero-order valence-corrected chi connectivity index (χ0v) is 9.11. The molecule has 0 unspecified atom stereocenters. The number of nitrogens with one attached hydrogen (secondary N) is 1. The summed E-state index contributed by atoms with van der Waals surface area (Å²) in [5.74, 6) is -1.00. The average Bonchev–Trinajstić information content (AvgIpc) is 2.26. The van der Waals surface area contributed by atoms with Crippen LogP contribution in [-0.2, 0) is 9.59 Å². The molecule has 0 aromatic heterocycles. The number of ether oxygens (including phenoxy) is 1. The van der Waals surface area contributed by atoms with E-state index in [1.54, 1.807) is 6.07 Å². The maximum absolute atomic E-state index is 12.8. The summed E-state index contributed by atoms with van der Waals surface area (Å²) in [6.07, 6.45) is 0.0732. The molecular weight excluding hydrogens is 227 g/mol. The van der Waals surface area contributed by atoms with Gasteiger partial charge in [0.1, 0.15) is 11.6 Å². The fourth-order valence-corrected chi connectivity index (χ4v) is 1.09. The van der Waals surface area contributed by atoms with Gasteiger partial charge in [0, 0.05) is 6.07 Å². The Hall–Kier alpha value is -2.11. The summed E-state index contributed by atoms with van der Waals surface area (Å²) in [6, 6.07) is 5.62. The Morgan fingerprint density at radius 1 is 1.41 bits per heavy atom. The number of carbonyl (C=O) groups is 2. The number of halogens is 1. The molecule has 0 radical (unpaired) electrons. The van der Waals surface area contributed by atoms with Crippen LogP contribution in [-0.4, -0.2) is 25.0 Å². The van der Waals surface area contributed by atoms with Gasteiger partial charge in [-0.3, -0.25) is 9.59 Å². The molecule has 5 nitrogen and oxygen atoms in total. The molecule has 0 heterocycles. The molecule has 0 atom stereocenters. The Balaban J connectivity index is 2.23. The fraction of sp³-hybridized carbons (Fsp3) is 0.273. The molecule has 0 aliphatic carbocycles. The largest absolute Gasteiger partial charge is 0.493 e. The van der Waals surface area contributed by atoms with Gasteiger partial charge in [0.05, 0.1) is 19.6 Å². The molecule has 1 rings (SSSR count). The Kier molecular flexibility index (Phi) is 4.93. The van der Waals surface area contributed by atoms with Crippen LogP contribution in [0.25, 0.3) is 0 Å². The molecule has 3 N–H and O–H groups in total. The average molecular weight is 240 g/mol. The van der Waals surface area contributed by atoms with Gasteiger partial charge in [0.15, 0.2) is 0 Å². The highest BCUT2D eigenvalue weighted by molar-refractivity contribution is 5.83. The van der Waals surface area contributed by atoms with E-state index < -0.39 is 11.7 Å². The van der Waals surface area contributed by atoms with Crippen molar-refractivity contribution in [3.63, 3.8) is 0 Å². The third kappa shape index (κ3) is 5.50. The van der Waals surface area contributed by atoms with Crippen molar-refractivity contribution in [3.8, 4) is 5.75 Å². The smallest absolute Gasteiger partial charge is 0.236 e. The first-order valence-corrected chi connectivity index (χ1v) is 5.01. The highest BCUT2D eigenvalue weighted by atomic mass is 19.1. The number of benzene rings is 1. The van der Waals surface area contributed by atoms with Gasteiger partial charge in [0.25, 0.3) is 0 Å². The van der Waals surface area contributed by atoms with Crippen molar-refractivity contribution in [3.05, 3.63) is 30.1 Å². The number of hydrogen-bond donors (Lipinski definition) is 2. The first kappa shape index (κ1) is 13.0. The Bertz CT molecular complexity index is 409. The van der Waals surface area contributed by atoms with E-state index in [0.29, 0.717) is 5.75 Å². The van der Waals surface area contributed by atoms with E-state index >= 15 is 0 Å². The molecule has 92 valence electrons. The van der Waals surface area contributed by atoms with E-state index in [1.165, 1.54) is 18.2 Å². The summed E-state index contributed by atoms with van der Waals surface area (Å²) in [4.78, 5) is 21.5. The number of hydrogen-bond acceptors (Lipinski definition) is 3. The lowest BCUT2D eigenvalue weighted by Crippen LogP contribution is -2.33. The van der Waals surface area contributed by atoms with Crippen LogP contribution in [0.2, 0.25) is 0 Å². The summed E-state index contributed by atoms with van der Waals surface area (Å²) in [7, 11) is 0. The molecule has 2 amide bonds. The quantitative estimate of drug-likeness (QED) is 0.745. The van der Waals surface area contributed by atoms with Crippen molar-refractivity contribution in [2.75, 3.05) is 13.2 Å². The number of nitrogens with two attached hydrogens (primary N) is 1. The minimum absolute atomic E-state index is 0.0732. The van der Waals surface area contributed by atoms with Crippen molar-refractivity contribution < 1.29 is 18.7 Å². The molecule has 1 aromatic carbocycles. The van der Waals surface area contributed by atoms with Crippen LogP contribution in [0.1, 0.15) is 6.42 Å². The number of primary amides is 1. The van der Waals surface area contributed by atoms with Crippen molar-refractivity contribution >= 4 is 11.8 Å². The topological polar surface area (TPSA) is 81.4 Å². The van der Waals surface area contributed by atoms with Crippen molar-refractivity contribution in [1.82, 2.24) is 5.32 Å². The van der Waals surface area contributed by atoms with Crippen LogP contribution in [0.5, 0.6) is 5.75 Å². The van der Waals surface area contributed by atoms with E-state index in [4.69, 9.17) is 10.5 Å². The summed E-state index contributed by atoms with van der Waals surface area (Å²) < 4.78 is 17.9. The van der Waals surface area contributed by atoms with Crippen molar-refractivity contribution in [2.24, 2.45) is 5.73 Å². The summed E-state index contributed by atoms with van der Waals surface area (Å²) >= 11 is 0. The molecule has 0 aliphatic heterocycles. The summed E-state index contributed by atoms with van der Waals surface area (Å²) in [5, 5.41) is 2.31. The molecule has 0 saturated heterocycles. The SMILES string of the molecule is NC(=O)CNC(=O)CCOc1cccc(F)c1. The molecule has 1 aromatic rings. The normalized spacial score (nSPS) is 9.71. The van der Waals surface area contributed by atoms with Crippen molar-refractivity contribution in [2.45, 2.75) is 6.42 Å². The van der Waals surface area contributed by atoms with Gasteiger partial charge in [-0.2, -0.15) is 0 Å². The minimum atomic E-state index is -0.607. The number of rotatable bonds is 6. The highest BCUT2D eigenvalue weighted by Crippen LogP contribution is 2.11. The van der Waals surface area contributed by atoms with Gasteiger partial charge < -0.3 is 15.8 Å². The molecular formula is C11H13FN2O3. The molecule has 0 fully saturated rings. The van der Waals surface area contributed by atoms with Gasteiger partial charge in [-0.1, -0.05) is 6.07 Å². The van der Waals surface area contributed by atoms with Crippen LogP contribution < -0.4 is 15.8 Å². The second-order valence-electron chi connectivity index (χ2n) is 3.30. The van der Waals surface area contributed by atoms with Crippen LogP contribution in [0.15, 0.2) is 24.3 Å². The van der Waals surface area contributed by atoms with Gasteiger partial charge in [0.2, 0.25) is 11.8 Å². The highest BCUT2D eigenvalue weighted by Gasteiger charge is 2.03. The van der Waals surface area contributed by atoms with E-state index in [1.807, 2.05) is 0 Å². The predicted molar refractivity (Wildman–Crippen MR) is 58.7 cm³/mol. The van der Waals surface area contributed by atoms with Gasteiger partial charge >= 0.3 is 0 Å². The Morgan fingerprint density at radius 3 is 2.82 bits per heavy atom. The first-order chi connectivity index (χ1) is 8.08. The second-order valence-corrected chi connectivity index (χ2v) is 3.30. The van der Waals surface area contributed by atoms with Gasteiger partial charge in [-0.05, 0) is 12.1 Å². The lowest BCUT2D eigenvalue weighted by molar-refractivity contribution is -0.125. The third-order valence-electron chi connectivity index (χ3n) is 1.85. The van der Waals surface area contributed by atoms with E-state index in [2.05, 4.69) is 5.32 Å². The zero-order valence-electron chi connectivity index (χ0n) is 9.11. The van der Waals surface area contributed by atoms with E-state index in [0.717, 1.165) is 0 Å². The standard InChI is InChI=1S/C11H13FN2O3/c12-8-2-1-3-9(6-8)17-5-4-11(16)14-7-10(13)15/h1-3,6H,4-5,7H2,(H2,13,15)(H,14,16). The zero-order chi connectivity index (χ0) is 12.7. The lowest BCUT2D eigenvalue weighted by Gasteiger charge is -2.06. The molecule has 0 bridgehead atoms. The Morgan fingerprint density at radius 2 is 2.18 bits per heavy atom.